The number of oxime groups is 1. The maximum atomic E-state index is 11.0. The molecule has 18 heavy (non-hydrogen) atoms. The van der Waals surface area contributed by atoms with Crippen molar-refractivity contribution in [2.45, 2.75) is 10.3 Å². The molecule has 1 aromatic heterocycles. The van der Waals surface area contributed by atoms with Crippen molar-refractivity contribution in [3.8, 4) is 0 Å². The van der Waals surface area contributed by atoms with E-state index in [4.69, 9.17) is 16.1 Å². The van der Waals surface area contributed by atoms with Gasteiger partial charge in [-0.25, -0.2) is 9.77 Å². The van der Waals surface area contributed by atoms with Crippen molar-refractivity contribution < 1.29 is 18.3 Å². The summed E-state index contributed by atoms with van der Waals surface area (Å²) in [5, 5.41) is 23.7. The Hall–Kier alpha value is -1.37. The Balaban J connectivity index is 1.99. The second-order valence-electron chi connectivity index (χ2n) is 3.51. The lowest BCUT2D eigenvalue weighted by Gasteiger charge is -2.35. The van der Waals surface area contributed by atoms with Gasteiger partial charge < -0.3 is 10.9 Å². The van der Waals surface area contributed by atoms with Crippen molar-refractivity contribution in [2.24, 2.45) is 16.0 Å². The van der Waals surface area contributed by atoms with Gasteiger partial charge in [0.05, 0.1) is 0 Å². The summed E-state index contributed by atoms with van der Waals surface area (Å²) in [5.74, 6) is -0.221. The zero-order valence-electron chi connectivity index (χ0n) is 8.92. The molecule has 2 rings (SSSR count). The fourth-order valence-corrected chi connectivity index (χ4v) is 3.42. The lowest BCUT2D eigenvalue weighted by molar-refractivity contribution is 0.295. The summed E-state index contributed by atoms with van der Waals surface area (Å²) in [6, 6.07) is 0. The van der Waals surface area contributed by atoms with Crippen LogP contribution in [0.25, 0.3) is 0 Å². The quantitative estimate of drug-likeness (QED) is 0.252. The van der Waals surface area contributed by atoms with Crippen molar-refractivity contribution in [3.63, 3.8) is 0 Å². The van der Waals surface area contributed by atoms with Gasteiger partial charge in [0.25, 0.3) is 10.2 Å². The minimum atomic E-state index is -3.64. The highest BCUT2D eigenvalue weighted by Gasteiger charge is 2.35. The molecule has 1 aromatic rings. The maximum absolute atomic E-state index is 11.0. The van der Waals surface area contributed by atoms with Crippen LogP contribution in [0.2, 0.25) is 0 Å². The molecule has 0 amide bonds. The third kappa shape index (κ3) is 2.55. The van der Waals surface area contributed by atoms with Crippen LogP contribution in [-0.4, -0.2) is 52.4 Å². The predicted molar refractivity (Wildman–Crippen MR) is 61.1 cm³/mol. The van der Waals surface area contributed by atoms with Crippen molar-refractivity contribution >= 4 is 27.8 Å². The Bertz CT molecular complexity index is 562. The van der Waals surface area contributed by atoms with Crippen molar-refractivity contribution in [1.29, 1.82) is 0 Å². The molecule has 1 aliphatic rings. The molecule has 1 fully saturated rings. The SMILES string of the molecule is N/C(=N\O)c1nonc1SC1CN(S(N)(=O)=O)C1. The van der Waals surface area contributed by atoms with Gasteiger partial charge in [0.1, 0.15) is 0 Å². The molecule has 0 unspecified atom stereocenters. The molecule has 0 atom stereocenters. The van der Waals surface area contributed by atoms with Crippen molar-refractivity contribution in [3.05, 3.63) is 5.69 Å². The summed E-state index contributed by atoms with van der Waals surface area (Å²) < 4.78 is 27.5. The van der Waals surface area contributed by atoms with E-state index in [1.165, 1.54) is 11.8 Å². The fraction of sp³-hybridized carbons (Fsp3) is 0.500. The van der Waals surface area contributed by atoms with Crippen LogP contribution in [-0.2, 0) is 10.2 Å². The van der Waals surface area contributed by atoms with Crippen molar-refractivity contribution in [2.75, 3.05) is 13.1 Å². The molecule has 1 aliphatic heterocycles. The van der Waals surface area contributed by atoms with E-state index in [1.54, 1.807) is 0 Å². The van der Waals surface area contributed by atoms with Gasteiger partial charge in [-0.3, -0.25) is 0 Å². The van der Waals surface area contributed by atoms with Crippen LogP contribution in [0.3, 0.4) is 0 Å². The number of amidine groups is 1. The summed E-state index contributed by atoms with van der Waals surface area (Å²) >= 11 is 1.23. The predicted octanol–water partition coefficient (Wildman–Crippen LogP) is -1.86. The highest BCUT2D eigenvalue weighted by atomic mass is 32.2. The van der Waals surface area contributed by atoms with E-state index in [0.29, 0.717) is 5.03 Å². The van der Waals surface area contributed by atoms with E-state index < -0.39 is 10.2 Å². The molecule has 1 saturated heterocycles. The second-order valence-corrected chi connectivity index (χ2v) is 6.34. The summed E-state index contributed by atoms with van der Waals surface area (Å²) in [4.78, 5) is 0. The molecule has 0 radical (unpaired) electrons. The second kappa shape index (κ2) is 4.72. The average Bonchev–Trinajstić information content (AvgIpc) is 2.67. The summed E-state index contributed by atoms with van der Waals surface area (Å²) in [7, 11) is -3.64. The van der Waals surface area contributed by atoms with Crippen LogP contribution in [0.15, 0.2) is 14.8 Å². The Kier molecular flexibility index (Phi) is 3.43. The van der Waals surface area contributed by atoms with Gasteiger partial charge in [0, 0.05) is 18.3 Å². The zero-order valence-corrected chi connectivity index (χ0v) is 10.6. The van der Waals surface area contributed by atoms with Crippen LogP contribution in [0, 0.1) is 0 Å². The molecular weight excluding hydrogens is 284 g/mol. The first kappa shape index (κ1) is 13.1. The Morgan fingerprint density at radius 2 is 2.22 bits per heavy atom. The summed E-state index contributed by atoms with van der Waals surface area (Å²) in [5.41, 5.74) is 5.49. The number of hydrogen-bond donors (Lipinski definition) is 3. The first-order chi connectivity index (χ1) is 8.41. The van der Waals surface area contributed by atoms with Gasteiger partial charge in [0.15, 0.2) is 16.6 Å². The van der Waals surface area contributed by atoms with E-state index in [-0.39, 0.29) is 29.9 Å². The van der Waals surface area contributed by atoms with Crippen LogP contribution < -0.4 is 10.9 Å². The van der Waals surface area contributed by atoms with Gasteiger partial charge in [-0.1, -0.05) is 16.9 Å². The topological polar surface area (TPSA) is 161 Å². The van der Waals surface area contributed by atoms with Crippen LogP contribution >= 0.6 is 11.8 Å². The molecule has 0 aliphatic carbocycles. The fourth-order valence-electron chi connectivity index (χ4n) is 1.30. The van der Waals surface area contributed by atoms with E-state index in [9.17, 15) is 8.42 Å². The molecule has 2 heterocycles. The third-order valence-electron chi connectivity index (χ3n) is 2.26. The van der Waals surface area contributed by atoms with Crippen LogP contribution in [0.1, 0.15) is 5.69 Å². The zero-order chi connectivity index (χ0) is 13.3. The Labute approximate surface area is 106 Å². The van der Waals surface area contributed by atoms with Gasteiger partial charge in [0.2, 0.25) is 0 Å². The number of rotatable bonds is 4. The normalized spacial score (nSPS) is 18.8. The van der Waals surface area contributed by atoms with E-state index >= 15 is 0 Å². The number of nitrogens with two attached hydrogens (primary N) is 2. The molecule has 10 nitrogen and oxygen atoms in total. The van der Waals surface area contributed by atoms with Gasteiger partial charge in [-0.2, -0.15) is 12.7 Å². The first-order valence-corrected chi connectivity index (χ1v) is 7.05. The minimum absolute atomic E-state index is 0.0273. The molecule has 0 bridgehead atoms. The lowest BCUT2D eigenvalue weighted by atomic mass is 10.3. The lowest BCUT2D eigenvalue weighted by Crippen LogP contribution is -2.54. The number of aromatic nitrogens is 2. The van der Waals surface area contributed by atoms with Crippen molar-refractivity contribution in [1.82, 2.24) is 14.6 Å². The number of thioether (sulfide) groups is 1. The molecule has 100 valence electrons. The molecule has 0 saturated carbocycles. The first-order valence-electron chi connectivity index (χ1n) is 4.67. The summed E-state index contributed by atoms with van der Waals surface area (Å²) in [6.07, 6.45) is 0. The molecule has 12 heteroatoms. The molecule has 5 N–H and O–H groups in total. The van der Waals surface area contributed by atoms with Crippen LogP contribution in [0.4, 0.5) is 0 Å². The molecule has 0 aromatic carbocycles. The van der Waals surface area contributed by atoms with E-state index in [0.717, 1.165) is 4.31 Å². The molecular formula is C6H10N6O4S2. The monoisotopic (exact) mass is 294 g/mol. The van der Waals surface area contributed by atoms with E-state index in [1.807, 2.05) is 0 Å². The third-order valence-corrected chi connectivity index (χ3v) is 4.40. The minimum Gasteiger partial charge on any atom is -0.409 e. The molecule has 0 spiro atoms. The van der Waals surface area contributed by atoms with Crippen LogP contribution in [0.5, 0.6) is 0 Å². The number of hydrogen-bond acceptors (Lipinski definition) is 8. The Morgan fingerprint density at radius 3 is 2.78 bits per heavy atom. The highest BCUT2D eigenvalue weighted by molar-refractivity contribution is 8.00. The van der Waals surface area contributed by atoms with E-state index in [2.05, 4.69) is 20.1 Å². The smallest absolute Gasteiger partial charge is 0.276 e. The Morgan fingerprint density at radius 1 is 1.56 bits per heavy atom. The van der Waals surface area contributed by atoms with Gasteiger partial charge in [-0.05, 0) is 10.3 Å². The highest BCUT2D eigenvalue weighted by Crippen LogP contribution is 2.30. The summed E-state index contributed by atoms with van der Waals surface area (Å²) in [6.45, 7) is 0.540. The average molecular weight is 294 g/mol. The maximum Gasteiger partial charge on any atom is 0.276 e. The standard InChI is InChI=1S/C6H10N6O4S2/c7-5(9-13)4-6(11-16-10-4)17-3-1-12(2-3)18(8,14)15/h3,13H,1-2H2,(H2,7,9)(H2,8,14,15). The number of nitrogens with zero attached hydrogens (tertiary/aromatic N) is 4. The van der Waals surface area contributed by atoms with Gasteiger partial charge in [-0.15, -0.1) is 0 Å². The largest absolute Gasteiger partial charge is 0.409 e. The van der Waals surface area contributed by atoms with Gasteiger partial charge >= 0.3 is 0 Å².